The van der Waals surface area contributed by atoms with Crippen molar-refractivity contribution in [2.75, 3.05) is 27.9 Å². The van der Waals surface area contributed by atoms with Crippen molar-refractivity contribution in [1.29, 1.82) is 0 Å². The van der Waals surface area contributed by atoms with E-state index in [9.17, 15) is 5.11 Å². The number of benzene rings is 2. The van der Waals surface area contributed by atoms with Crippen LogP contribution in [0, 0.1) is 0 Å². The van der Waals surface area contributed by atoms with Gasteiger partial charge in [-0.3, -0.25) is 0 Å². The molecule has 0 amide bonds. The lowest BCUT2D eigenvalue weighted by molar-refractivity contribution is 0.0525. The molecule has 2 aromatic rings. The van der Waals surface area contributed by atoms with Gasteiger partial charge in [-0.05, 0) is 25.3 Å². The zero-order valence-corrected chi connectivity index (χ0v) is 15.2. The van der Waals surface area contributed by atoms with Crippen LogP contribution in [-0.2, 0) is 11.2 Å². The molecule has 0 aliphatic carbocycles. The molecule has 25 heavy (non-hydrogen) atoms. The molecule has 2 rings (SSSR count). The molecule has 0 aliphatic heterocycles. The molecule has 0 radical (unpaired) electrons. The molecule has 0 saturated carbocycles. The van der Waals surface area contributed by atoms with Gasteiger partial charge in [0, 0.05) is 12.7 Å². The maximum absolute atomic E-state index is 10.7. The van der Waals surface area contributed by atoms with Gasteiger partial charge in [-0.1, -0.05) is 30.3 Å². The van der Waals surface area contributed by atoms with Crippen LogP contribution in [0.3, 0.4) is 0 Å². The summed E-state index contributed by atoms with van der Waals surface area (Å²) in [5.41, 5.74) is 1.80. The lowest BCUT2D eigenvalue weighted by Crippen LogP contribution is -2.09. The van der Waals surface area contributed by atoms with Gasteiger partial charge in [-0.15, -0.1) is 0 Å². The van der Waals surface area contributed by atoms with Crippen LogP contribution in [0.2, 0.25) is 0 Å². The monoisotopic (exact) mass is 346 g/mol. The molecule has 0 saturated heterocycles. The minimum absolute atomic E-state index is 0.00906. The molecule has 0 fully saturated rings. The Morgan fingerprint density at radius 2 is 1.64 bits per heavy atom. The van der Waals surface area contributed by atoms with Crippen molar-refractivity contribution in [1.82, 2.24) is 0 Å². The van der Waals surface area contributed by atoms with E-state index in [1.165, 1.54) is 19.8 Å². The number of aromatic hydroxyl groups is 1. The first-order valence-electron chi connectivity index (χ1n) is 8.33. The molecule has 1 N–H and O–H groups in total. The van der Waals surface area contributed by atoms with Gasteiger partial charge in [0.25, 0.3) is 0 Å². The SMILES string of the molecule is CCOC(CCc1ccccc1)c1c(OC)cc(OC)c(OC)c1O. The van der Waals surface area contributed by atoms with Crippen LogP contribution in [0.1, 0.15) is 30.6 Å². The summed E-state index contributed by atoms with van der Waals surface area (Å²) in [5, 5.41) is 10.7. The lowest BCUT2D eigenvalue weighted by Gasteiger charge is -2.23. The molecule has 0 aliphatic rings. The number of rotatable bonds is 9. The summed E-state index contributed by atoms with van der Waals surface area (Å²) in [4.78, 5) is 0. The van der Waals surface area contributed by atoms with E-state index in [-0.39, 0.29) is 17.6 Å². The van der Waals surface area contributed by atoms with E-state index in [1.807, 2.05) is 25.1 Å². The van der Waals surface area contributed by atoms with Crippen LogP contribution in [0.25, 0.3) is 0 Å². The van der Waals surface area contributed by atoms with Gasteiger partial charge in [0.1, 0.15) is 5.75 Å². The fourth-order valence-electron chi connectivity index (χ4n) is 2.90. The second-order valence-corrected chi connectivity index (χ2v) is 5.54. The first-order valence-corrected chi connectivity index (χ1v) is 8.33. The number of aryl methyl sites for hydroxylation is 1. The van der Waals surface area contributed by atoms with E-state index in [4.69, 9.17) is 18.9 Å². The Balaban J connectivity index is 2.38. The van der Waals surface area contributed by atoms with Crippen LogP contribution in [0.15, 0.2) is 36.4 Å². The fraction of sp³-hybridized carbons (Fsp3) is 0.400. The number of methoxy groups -OCH3 is 3. The van der Waals surface area contributed by atoms with Crippen molar-refractivity contribution in [2.45, 2.75) is 25.9 Å². The summed E-state index contributed by atoms with van der Waals surface area (Å²) in [6, 6.07) is 11.9. The van der Waals surface area contributed by atoms with Crippen molar-refractivity contribution in [3.8, 4) is 23.0 Å². The molecule has 0 aromatic heterocycles. The molecule has 1 atom stereocenters. The van der Waals surface area contributed by atoms with Crippen LogP contribution in [0.4, 0.5) is 0 Å². The zero-order chi connectivity index (χ0) is 18.2. The average Bonchev–Trinajstić information content (AvgIpc) is 2.65. The van der Waals surface area contributed by atoms with Gasteiger partial charge in [-0.2, -0.15) is 0 Å². The second-order valence-electron chi connectivity index (χ2n) is 5.54. The standard InChI is InChI=1S/C20H26O5/c1-5-25-15(12-11-14-9-7-6-8-10-14)18-16(22-2)13-17(23-3)20(24-4)19(18)21/h6-10,13,15,21H,5,11-12H2,1-4H3. The van der Waals surface area contributed by atoms with E-state index >= 15 is 0 Å². The molecule has 0 bridgehead atoms. The van der Waals surface area contributed by atoms with Gasteiger partial charge in [-0.25, -0.2) is 0 Å². The Labute approximate surface area is 149 Å². The third kappa shape index (κ3) is 4.37. The number of phenolic OH excluding ortho intramolecular Hbond substituents is 1. The zero-order valence-electron chi connectivity index (χ0n) is 15.2. The lowest BCUT2D eigenvalue weighted by atomic mass is 9.98. The number of hydrogen-bond acceptors (Lipinski definition) is 5. The van der Waals surface area contributed by atoms with Gasteiger partial charge < -0.3 is 24.1 Å². The molecule has 0 heterocycles. The molecule has 0 spiro atoms. The van der Waals surface area contributed by atoms with E-state index in [0.29, 0.717) is 30.1 Å². The molecule has 2 aromatic carbocycles. The summed E-state index contributed by atoms with van der Waals surface area (Å²) >= 11 is 0. The van der Waals surface area contributed by atoms with E-state index in [2.05, 4.69) is 12.1 Å². The highest BCUT2D eigenvalue weighted by Gasteiger charge is 2.26. The summed E-state index contributed by atoms with van der Waals surface area (Å²) < 4.78 is 22.0. The van der Waals surface area contributed by atoms with Gasteiger partial charge in [0.05, 0.1) is 33.0 Å². The Morgan fingerprint density at radius 1 is 0.960 bits per heavy atom. The van der Waals surface area contributed by atoms with Gasteiger partial charge >= 0.3 is 0 Å². The average molecular weight is 346 g/mol. The Morgan fingerprint density at radius 3 is 2.20 bits per heavy atom. The first kappa shape index (κ1) is 18.9. The second kappa shape index (κ2) is 9.18. The summed E-state index contributed by atoms with van der Waals surface area (Å²) in [6.07, 6.45) is 1.21. The smallest absolute Gasteiger partial charge is 0.203 e. The molecule has 1 unspecified atom stereocenters. The van der Waals surface area contributed by atoms with E-state index < -0.39 is 0 Å². The van der Waals surface area contributed by atoms with Gasteiger partial charge in [0.15, 0.2) is 11.5 Å². The van der Waals surface area contributed by atoms with E-state index in [1.54, 1.807) is 13.2 Å². The van der Waals surface area contributed by atoms with Crippen molar-refractivity contribution in [3.63, 3.8) is 0 Å². The molecule has 5 nitrogen and oxygen atoms in total. The van der Waals surface area contributed by atoms with E-state index in [0.717, 1.165) is 6.42 Å². The maximum Gasteiger partial charge on any atom is 0.203 e. The topological polar surface area (TPSA) is 57.2 Å². The highest BCUT2D eigenvalue weighted by Crippen LogP contribution is 2.48. The van der Waals surface area contributed by atoms with Crippen molar-refractivity contribution < 1.29 is 24.1 Å². The van der Waals surface area contributed by atoms with Crippen LogP contribution in [0.5, 0.6) is 23.0 Å². The minimum atomic E-state index is -0.319. The van der Waals surface area contributed by atoms with Crippen LogP contribution in [-0.4, -0.2) is 33.0 Å². The third-order valence-electron chi connectivity index (χ3n) is 4.09. The van der Waals surface area contributed by atoms with Crippen LogP contribution < -0.4 is 14.2 Å². The quantitative estimate of drug-likeness (QED) is 0.740. The molecular weight excluding hydrogens is 320 g/mol. The summed E-state index contributed by atoms with van der Waals surface area (Å²) in [7, 11) is 4.57. The normalized spacial score (nSPS) is 11.8. The van der Waals surface area contributed by atoms with Crippen molar-refractivity contribution in [3.05, 3.63) is 47.5 Å². The summed E-state index contributed by atoms with van der Waals surface area (Å²) in [5.74, 6) is 1.20. The fourth-order valence-corrected chi connectivity index (χ4v) is 2.90. The molecular formula is C20H26O5. The number of hydrogen-bond donors (Lipinski definition) is 1. The molecule has 5 heteroatoms. The Bertz CT molecular complexity index is 670. The molecule has 136 valence electrons. The van der Waals surface area contributed by atoms with Crippen molar-refractivity contribution in [2.24, 2.45) is 0 Å². The predicted octanol–water partition coefficient (Wildman–Crippen LogP) is 4.13. The maximum atomic E-state index is 10.7. The highest BCUT2D eigenvalue weighted by atomic mass is 16.5. The Hall–Kier alpha value is -2.40. The predicted molar refractivity (Wildman–Crippen MR) is 96.9 cm³/mol. The summed E-state index contributed by atoms with van der Waals surface area (Å²) in [6.45, 7) is 2.45. The first-order chi connectivity index (χ1) is 12.2. The number of ether oxygens (including phenoxy) is 4. The highest BCUT2D eigenvalue weighted by molar-refractivity contribution is 5.61. The largest absolute Gasteiger partial charge is 0.504 e. The third-order valence-corrected chi connectivity index (χ3v) is 4.09. The van der Waals surface area contributed by atoms with Crippen LogP contribution >= 0.6 is 0 Å². The number of phenols is 1. The Kier molecular flexibility index (Phi) is 6.95. The van der Waals surface area contributed by atoms with Crippen molar-refractivity contribution >= 4 is 0 Å². The minimum Gasteiger partial charge on any atom is -0.504 e. The van der Waals surface area contributed by atoms with Gasteiger partial charge in [0.2, 0.25) is 5.75 Å².